The highest BCUT2D eigenvalue weighted by Crippen LogP contribution is 2.19. The molecule has 2 aliphatic heterocycles. The van der Waals surface area contributed by atoms with Crippen molar-refractivity contribution >= 4 is 17.5 Å². The number of likely N-dealkylation sites (tertiary alicyclic amines) is 1. The van der Waals surface area contributed by atoms with Gasteiger partial charge < -0.3 is 15.1 Å². The number of oxime groups is 1. The molecule has 0 aliphatic carbocycles. The Morgan fingerprint density at radius 2 is 1.90 bits per heavy atom. The molecule has 2 atom stereocenters. The summed E-state index contributed by atoms with van der Waals surface area (Å²) in [7, 11) is 0. The number of nitrogens with one attached hydrogen (secondary N) is 1. The average molecular weight is 409 g/mol. The van der Waals surface area contributed by atoms with Crippen molar-refractivity contribution in [1.82, 2.24) is 10.2 Å². The van der Waals surface area contributed by atoms with Crippen molar-refractivity contribution in [2.75, 3.05) is 13.1 Å². The Bertz CT molecular complexity index is 942. The van der Waals surface area contributed by atoms with Crippen LogP contribution in [0.25, 0.3) is 0 Å². The monoisotopic (exact) mass is 409 g/mol. The molecule has 0 bridgehead atoms. The summed E-state index contributed by atoms with van der Waals surface area (Å²) in [4.78, 5) is 33.0. The standard InChI is InChI=1S/C23H24FN3O3/c24-18-10-6-9-17(14-18)19-15-21(30-26-19)22(28)25-20(13-16-7-2-1-3-8-16)23(29)27-11-4-5-12-27/h1-3,6-10,14,20-21H,4-5,11-13,15H2,(H,25,28)/t20-,21-/m1/s1. The molecule has 156 valence electrons. The molecule has 0 saturated carbocycles. The van der Waals surface area contributed by atoms with E-state index < -0.39 is 18.1 Å². The normalized spacial score (nSPS) is 19.2. The van der Waals surface area contributed by atoms with Gasteiger partial charge in [-0.15, -0.1) is 0 Å². The number of hydrogen-bond acceptors (Lipinski definition) is 4. The largest absolute Gasteiger partial charge is 0.382 e. The lowest BCUT2D eigenvalue weighted by molar-refractivity contribution is -0.139. The summed E-state index contributed by atoms with van der Waals surface area (Å²) >= 11 is 0. The Balaban J connectivity index is 1.43. The van der Waals surface area contributed by atoms with Crippen molar-refractivity contribution in [3.8, 4) is 0 Å². The van der Waals surface area contributed by atoms with Gasteiger partial charge in [-0.2, -0.15) is 0 Å². The van der Waals surface area contributed by atoms with Crippen LogP contribution in [0.3, 0.4) is 0 Å². The van der Waals surface area contributed by atoms with Crippen LogP contribution in [0.15, 0.2) is 59.8 Å². The maximum atomic E-state index is 13.5. The summed E-state index contributed by atoms with van der Waals surface area (Å²) in [5, 5.41) is 6.82. The highest BCUT2D eigenvalue weighted by atomic mass is 19.1. The number of rotatable bonds is 6. The minimum atomic E-state index is -0.840. The van der Waals surface area contributed by atoms with Crippen molar-refractivity contribution in [1.29, 1.82) is 0 Å². The Morgan fingerprint density at radius 3 is 2.63 bits per heavy atom. The van der Waals surface area contributed by atoms with Crippen LogP contribution in [-0.2, 0) is 20.8 Å². The zero-order valence-corrected chi connectivity index (χ0v) is 16.6. The number of carbonyl (C=O) groups is 2. The van der Waals surface area contributed by atoms with Gasteiger partial charge in [0.2, 0.25) is 12.0 Å². The number of halogens is 1. The maximum absolute atomic E-state index is 13.5. The molecule has 1 fully saturated rings. The summed E-state index contributed by atoms with van der Waals surface area (Å²) in [6.45, 7) is 1.43. The highest BCUT2D eigenvalue weighted by Gasteiger charge is 2.34. The van der Waals surface area contributed by atoms with E-state index in [2.05, 4.69) is 10.5 Å². The summed E-state index contributed by atoms with van der Waals surface area (Å²) in [6, 6.07) is 15.0. The summed E-state index contributed by atoms with van der Waals surface area (Å²) in [5.41, 5.74) is 2.07. The Kier molecular flexibility index (Phi) is 6.07. The van der Waals surface area contributed by atoms with Crippen LogP contribution in [0.4, 0.5) is 4.39 Å². The first kappa shape index (κ1) is 20.1. The summed E-state index contributed by atoms with van der Waals surface area (Å²) in [5.74, 6) is -0.838. The zero-order chi connectivity index (χ0) is 20.9. The fourth-order valence-corrected chi connectivity index (χ4v) is 3.83. The molecule has 2 aromatic rings. The van der Waals surface area contributed by atoms with E-state index in [1.807, 2.05) is 30.3 Å². The number of carbonyl (C=O) groups excluding carboxylic acids is 2. The highest BCUT2D eigenvalue weighted by molar-refractivity contribution is 6.04. The van der Waals surface area contributed by atoms with E-state index in [4.69, 9.17) is 4.84 Å². The zero-order valence-electron chi connectivity index (χ0n) is 16.6. The minimum absolute atomic E-state index is 0.0750. The molecule has 7 heteroatoms. The van der Waals surface area contributed by atoms with E-state index >= 15 is 0 Å². The second-order valence-corrected chi connectivity index (χ2v) is 7.63. The molecule has 6 nitrogen and oxygen atoms in total. The molecule has 2 aliphatic rings. The van der Waals surface area contributed by atoms with Crippen LogP contribution in [-0.4, -0.2) is 47.7 Å². The van der Waals surface area contributed by atoms with Gasteiger partial charge in [-0.25, -0.2) is 4.39 Å². The maximum Gasteiger partial charge on any atom is 0.265 e. The van der Waals surface area contributed by atoms with Crippen LogP contribution < -0.4 is 5.32 Å². The van der Waals surface area contributed by atoms with Crippen molar-refractivity contribution < 1.29 is 18.8 Å². The van der Waals surface area contributed by atoms with Gasteiger partial charge in [0.05, 0.1) is 5.71 Å². The minimum Gasteiger partial charge on any atom is -0.382 e. The van der Waals surface area contributed by atoms with Gasteiger partial charge >= 0.3 is 0 Å². The molecular formula is C23H24FN3O3. The second kappa shape index (κ2) is 9.07. The number of benzene rings is 2. The third-order valence-corrected chi connectivity index (χ3v) is 5.43. The van der Waals surface area contributed by atoms with Crippen molar-refractivity contribution in [2.24, 2.45) is 5.16 Å². The predicted molar refractivity (Wildman–Crippen MR) is 110 cm³/mol. The van der Waals surface area contributed by atoms with Crippen molar-refractivity contribution in [3.63, 3.8) is 0 Å². The first-order chi connectivity index (χ1) is 14.6. The Labute approximate surface area is 174 Å². The molecule has 2 amide bonds. The predicted octanol–water partition coefficient (Wildman–Crippen LogP) is 2.67. The summed E-state index contributed by atoms with van der Waals surface area (Å²) < 4.78 is 13.5. The number of amides is 2. The van der Waals surface area contributed by atoms with Gasteiger partial charge in [-0.05, 0) is 30.5 Å². The molecular weight excluding hydrogens is 385 g/mol. The van der Waals surface area contributed by atoms with E-state index in [0.717, 1.165) is 18.4 Å². The molecule has 0 unspecified atom stereocenters. The molecule has 0 spiro atoms. The van der Waals surface area contributed by atoms with Gasteiger partial charge in [0.1, 0.15) is 11.9 Å². The van der Waals surface area contributed by atoms with Gasteiger partial charge in [0, 0.05) is 31.5 Å². The fourth-order valence-electron chi connectivity index (χ4n) is 3.83. The first-order valence-corrected chi connectivity index (χ1v) is 10.2. The van der Waals surface area contributed by atoms with E-state index in [1.165, 1.54) is 12.1 Å². The van der Waals surface area contributed by atoms with E-state index in [0.29, 0.717) is 30.8 Å². The van der Waals surface area contributed by atoms with Gasteiger partial charge in [0.25, 0.3) is 5.91 Å². The van der Waals surface area contributed by atoms with Crippen LogP contribution in [0.5, 0.6) is 0 Å². The topological polar surface area (TPSA) is 71.0 Å². The van der Waals surface area contributed by atoms with Gasteiger partial charge in [-0.1, -0.05) is 47.6 Å². The van der Waals surface area contributed by atoms with E-state index in [-0.39, 0.29) is 18.1 Å². The second-order valence-electron chi connectivity index (χ2n) is 7.63. The number of nitrogens with zero attached hydrogens (tertiary/aromatic N) is 2. The Morgan fingerprint density at radius 1 is 1.13 bits per heavy atom. The quantitative estimate of drug-likeness (QED) is 0.798. The molecule has 30 heavy (non-hydrogen) atoms. The van der Waals surface area contributed by atoms with Crippen molar-refractivity contribution in [3.05, 3.63) is 71.5 Å². The fraction of sp³-hybridized carbons (Fsp3) is 0.348. The lowest BCUT2D eigenvalue weighted by Crippen LogP contribution is -2.51. The molecule has 1 N–H and O–H groups in total. The number of hydrogen-bond donors (Lipinski definition) is 1. The third-order valence-electron chi connectivity index (χ3n) is 5.43. The smallest absolute Gasteiger partial charge is 0.265 e. The molecule has 0 radical (unpaired) electrons. The molecule has 1 saturated heterocycles. The first-order valence-electron chi connectivity index (χ1n) is 10.2. The van der Waals surface area contributed by atoms with Crippen LogP contribution >= 0.6 is 0 Å². The van der Waals surface area contributed by atoms with Crippen LogP contribution in [0.1, 0.15) is 30.4 Å². The van der Waals surface area contributed by atoms with E-state index in [1.54, 1.807) is 17.0 Å². The third kappa shape index (κ3) is 4.67. The average Bonchev–Trinajstić information content (AvgIpc) is 3.46. The lowest BCUT2D eigenvalue weighted by atomic mass is 10.0. The van der Waals surface area contributed by atoms with Gasteiger partial charge in [-0.3, -0.25) is 9.59 Å². The van der Waals surface area contributed by atoms with Gasteiger partial charge in [0.15, 0.2) is 0 Å². The molecule has 2 aromatic carbocycles. The molecule has 4 rings (SSSR count). The molecule has 0 aromatic heterocycles. The molecule has 2 heterocycles. The van der Waals surface area contributed by atoms with E-state index in [9.17, 15) is 14.0 Å². The SMILES string of the molecule is O=C(N[C@H](Cc1ccccc1)C(=O)N1CCCC1)[C@H]1CC(c2cccc(F)c2)=NO1. The van der Waals surface area contributed by atoms with Crippen LogP contribution in [0, 0.1) is 5.82 Å². The lowest BCUT2D eigenvalue weighted by Gasteiger charge is -2.25. The van der Waals surface area contributed by atoms with Crippen LogP contribution in [0.2, 0.25) is 0 Å². The van der Waals surface area contributed by atoms with Crippen molar-refractivity contribution in [2.45, 2.75) is 37.8 Å². The Hall–Kier alpha value is -3.22. The summed E-state index contributed by atoms with van der Waals surface area (Å²) in [6.07, 6.45) is 1.76.